The lowest BCUT2D eigenvalue weighted by atomic mass is 10.0. The maximum Gasteiger partial charge on any atom is 0.387 e. The fourth-order valence-corrected chi connectivity index (χ4v) is 1.21. The molecule has 0 aliphatic rings. The zero-order valence-corrected chi connectivity index (χ0v) is 8.26. The quantitative estimate of drug-likeness (QED) is 0.723. The smallest absolute Gasteiger partial charge is 0.387 e. The Labute approximate surface area is 82.7 Å². The van der Waals surface area contributed by atoms with Crippen molar-refractivity contribution >= 4 is 0 Å². The first-order valence-electron chi connectivity index (χ1n) is 4.39. The standard InChI is InChI=1S/C11H13F2O/c1-7(2)9-4-5-10(8(3)6-9)14-11(12)13/h4-7,11H,1H2,2-3H3. The molecule has 0 spiro atoms. The average Bonchev–Trinajstić information content (AvgIpc) is 2.07. The molecule has 1 atom stereocenters. The third kappa shape index (κ3) is 2.69. The Hall–Kier alpha value is -1.12. The maximum absolute atomic E-state index is 11.9. The van der Waals surface area contributed by atoms with Crippen molar-refractivity contribution in [2.45, 2.75) is 26.4 Å². The van der Waals surface area contributed by atoms with Crippen LogP contribution in [-0.2, 0) is 0 Å². The van der Waals surface area contributed by atoms with Crippen LogP contribution in [0.2, 0.25) is 0 Å². The predicted molar refractivity (Wildman–Crippen MR) is 51.6 cm³/mol. The van der Waals surface area contributed by atoms with E-state index in [1.165, 1.54) is 0 Å². The summed E-state index contributed by atoms with van der Waals surface area (Å²) in [5.74, 6) is 0.374. The minimum atomic E-state index is -2.77. The number of hydrogen-bond acceptors (Lipinski definition) is 1. The van der Waals surface area contributed by atoms with E-state index < -0.39 is 6.61 Å². The van der Waals surface area contributed by atoms with Gasteiger partial charge in [-0.05, 0) is 37.0 Å². The van der Waals surface area contributed by atoms with Gasteiger partial charge in [0.2, 0.25) is 0 Å². The summed E-state index contributed by atoms with van der Waals surface area (Å²) in [5, 5.41) is 0. The van der Waals surface area contributed by atoms with E-state index in [9.17, 15) is 8.78 Å². The second kappa shape index (κ2) is 4.40. The summed E-state index contributed by atoms with van der Waals surface area (Å²) in [6, 6.07) is 5.12. The summed E-state index contributed by atoms with van der Waals surface area (Å²) in [7, 11) is 0. The van der Waals surface area contributed by atoms with Crippen molar-refractivity contribution < 1.29 is 13.5 Å². The lowest BCUT2D eigenvalue weighted by Crippen LogP contribution is -2.03. The fourth-order valence-electron chi connectivity index (χ4n) is 1.21. The van der Waals surface area contributed by atoms with Crippen LogP contribution in [-0.4, -0.2) is 6.61 Å². The minimum absolute atomic E-state index is 0.147. The highest BCUT2D eigenvalue weighted by Gasteiger charge is 2.08. The molecular formula is C11H13F2O. The second-order valence-electron chi connectivity index (χ2n) is 3.30. The summed E-state index contributed by atoms with van der Waals surface area (Å²) in [4.78, 5) is 0. The van der Waals surface area contributed by atoms with E-state index in [1.54, 1.807) is 19.1 Å². The highest BCUT2D eigenvalue weighted by molar-refractivity contribution is 5.37. The molecular weight excluding hydrogens is 186 g/mol. The molecule has 77 valence electrons. The first-order chi connectivity index (χ1) is 6.50. The molecule has 1 aromatic carbocycles. The topological polar surface area (TPSA) is 9.23 Å². The summed E-state index contributed by atoms with van der Waals surface area (Å²) in [6.07, 6.45) is 0. The first kappa shape index (κ1) is 11.0. The lowest BCUT2D eigenvalue weighted by molar-refractivity contribution is -0.0503. The van der Waals surface area contributed by atoms with E-state index in [0.29, 0.717) is 5.56 Å². The number of halogens is 2. The van der Waals surface area contributed by atoms with Crippen LogP contribution in [0.1, 0.15) is 24.0 Å². The predicted octanol–water partition coefficient (Wildman–Crippen LogP) is 3.53. The Morgan fingerprint density at radius 2 is 2.00 bits per heavy atom. The molecule has 0 saturated carbocycles. The van der Waals surface area contributed by atoms with Crippen LogP contribution in [0.3, 0.4) is 0 Å². The molecule has 0 fully saturated rings. The number of benzene rings is 1. The van der Waals surface area contributed by atoms with Crippen LogP contribution >= 0.6 is 0 Å². The van der Waals surface area contributed by atoms with Crippen LogP contribution in [0.4, 0.5) is 8.78 Å². The van der Waals surface area contributed by atoms with E-state index in [4.69, 9.17) is 0 Å². The van der Waals surface area contributed by atoms with Crippen molar-refractivity contribution in [3.63, 3.8) is 0 Å². The Bertz CT molecular complexity index is 308. The Morgan fingerprint density at radius 3 is 2.43 bits per heavy atom. The summed E-state index contributed by atoms with van der Waals surface area (Å²) >= 11 is 0. The van der Waals surface area contributed by atoms with Gasteiger partial charge in [-0.25, -0.2) is 0 Å². The van der Waals surface area contributed by atoms with Crippen LogP contribution in [0, 0.1) is 13.8 Å². The van der Waals surface area contributed by atoms with Crippen molar-refractivity contribution in [2.24, 2.45) is 0 Å². The van der Waals surface area contributed by atoms with Gasteiger partial charge in [0.1, 0.15) is 5.75 Å². The molecule has 0 saturated heterocycles. The monoisotopic (exact) mass is 199 g/mol. The molecule has 1 nitrogen and oxygen atoms in total. The Kier molecular flexibility index (Phi) is 3.44. The van der Waals surface area contributed by atoms with E-state index in [2.05, 4.69) is 11.7 Å². The molecule has 0 aliphatic heterocycles. The molecule has 0 aliphatic carbocycles. The van der Waals surface area contributed by atoms with E-state index in [-0.39, 0.29) is 11.7 Å². The van der Waals surface area contributed by atoms with Crippen molar-refractivity contribution in [2.75, 3.05) is 0 Å². The number of hydrogen-bond donors (Lipinski definition) is 0. The normalized spacial score (nSPS) is 11.1. The number of aryl methyl sites for hydroxylation is 1. The number of ether oxygens (including phenoxy) is 1. The molecule has 14 heavy (non-hydrogen) atoms. The van der Waals surface area contributed by atoms with E-state index >= 15 is 0 Å². The molecule has 0 aromatic heterocycles. The average molecular weight is 199 g/mol. The van der Waals surface area contributed by atoms with Gasteiger partial charge >= 0.3 is 6.61 Å². The molecule has 0 amide bonds. The van der Waals surface area contributed by atoms with Gasteiger partial charge in [0.25, 0.3) is 0 Å². The van der Waals surface area contributed by atoms with Crippen LogP contribution in [0.25, 0.3) is 0 Å². The van der Waals surface area contributed by atoms with Crippen LogP contribution in [0.5, 0.6) is 5.75 Å². The number of alkyl halides is 2. The van der Waals surface area contributed by atoms with Crippen molar-refractivity contribution in [3.8, 4) is 5.75 Å². The van der Waals surface area contributed by atoms with Gasteiger partial charge in [0.15, 0.2) is 0 Å². The van der Waals surface area contributed by atoms with Crippen molar-refractivity contribution in [1.29, 1.82) is 0 Å². The van der Waals surface area contributed by atoms with Gasteiger partial charge in [0, 0.05) is 0 Å². The lowest BCUT2D eigenvalue weighted by Gasteiger charge is -2.11. The summed E-state index contributed by atoms with van der Waals surface area (Å²) in [6.45, 7) is 4.77. The van der Waals surface area contributed by atoms with Gasteiger partial charge in [-0.2, -0.15) is 8.78 Å². The van der Waals surface area contributed by atoms with Gasteiger partial charge in [0.05, 0.1) is 0 Å². The molecule has 1 rings (SSSR count). The molecule has 1 unspecified atom stereocenters. The molecule has 0 heterocycles. The second-order valence-corrected chi connectivity index (χ2v) is 3.30. The van der Waals surface area contributed by atoms with Gasteiger partial charge in [-0.15, -0.1) is 0 Å². The maximum atomic E-state index is 11.9. The Morgan fingerprint density at radius 1 is 1.36 bits per heavy atom. The molecule has 0 bridgehead atoms. The molecule has 1 radical (unpaired) electrons. The Balaban J connectivity index is 2.90. The van der Waals surface area contributed by atoms with E-state index in [0.717, 1.165) is 5.56 Å². The third-order valence-corrected chi connectivity index (χ3v) is 1.98. The SMILES string of the molecule is [CH2]C(C)c1ccc(OC(F)F)c(C)c1. The summed E-state index contributed by atoms with van der Waals surface area (Å²) in [5.41, 5.74) is 1.72. The molecule has 0 N–H and O–H groups in total. The highest BCUT2D eigenvalue weighted by atomic mass is 19.3. The first-order valence-corrected chi connectivity index (χ1v) is 4.39. The minimum Gasteiger partial charge on any atom is -0.435 e. The third-order valence-electron chi connectivity index (χ3n) is 1.98. The van der Waals surface area contributed by atoms with Gasteiger partial charge < -0.3 is 4.74 Å². The number of rotatable bonds is 3. The fraction of sp³-hybridized carbons (Fsp3) is 0.364. The van der Waals surface area contributed by atoms with E-state index in [1.807, 2.05) is 13.0 Å². The summed E-state index contributed by atoms with van der Waals surface area (Å²) < 4.78 is 28.2. The molecule has 3 heteroatoms. The van der Waals surface area contributed by atoms with Crippen LogP contribution in [0.15, 0.2) is 18.2 Å². The van der Waals surface area contributed by atoms with Gasteiger partial charge in [-0.3, -0.25) is 0 Å². The largest absolute Gasteiger partial charge is 0.435 e. The van der Waals surface area contributed by atoms with Crippen molar-refractivity contribution in [3.05, 3.63) is 36.2 Å². The van der Waals surface area contributed by atoms with Gasteiger partial charge in [-0.1, -0.05) is 19.1 Å². The molecule has 1 aromatic rings. The highest BCUT2D eigenvalue weighted by Crippen LogP contribution is 2.24. The zero-order valence-electron chi connectivity index (χ0n) is 8.26. The van der Waals surface area contributed by atoms with Crippen LogP contribution < -0.4 is 4.74 Å². The zero-order chi connectivity index (χ0) is 10.7. The van der Waals surface area contributed by atoms with Crippen molar-refractivity contribution in [1.82, 2.24) is 0 Å².